The van der Waals surface area contributed by atoms with Gasteiger partial charge in [0.2, 0.25) is 5.85 Å². The molecule has 38 heavy (non-hydrogen) atoms. The molecule has 4 heterocycles. The van der Waals surface area contributed by atoms with Crippen molar-refractivity contribution in [1.29, 1.82) is 0 Å². The lowest BCUT2D eigenvalue weighted by Crippen LogP contribution is -2.52. The van der Waals surface area contributed by atoms with Crippen LogP contribution in [0.15, 0.2) is 83.4 Å². The molecule has 0 aliphatic carbocycles. The van der Waals surface area contributed by atoms with Crippen molar-refractivity contribution in [2.45, 2.75) is 31.8 Å². The molecule has 2 N–H and O–H groups in total. The molecule has 198 valence electrons. The van der Waals surface area contributed by atoms with Crippen molar-refractivity contribution in [3.05, 3.63) is 94.5 Å². The van der Waals surface area contributed by atoms with Crippen molar-refractivity contribution in [3.63, 3.8) is 0 Å². The first kappa shape index (κ1) is 26.0. The monoisotopic (exact) mass is 542 g/mol. The Morgan fingerprint density at radius 1 is 1.11 bits per heavy atom. The predicted molar refractivity (Wildman–Crippen MR) is 141 cm³/mol. The zero-order chi connectivity index (χ0) is 26.8. The number of ether oxygens (including phenoxy) is 1. The molecule has 2 aliphatic rings. The molecule has 1 aromatic carbocycles. The van der Waals surface area contributed by atoms with Gasteiger partial charge >= 0.3 is 6.18 Å². The van der Waals surface area contributed by atoms with E-state index < -0.39 is 17.6 Å². The number of halogens is 4. The van der Waals surface area contributed by atoms with Crippen LogP contribution >= 0.6 is 11.6 Å². The zero-order valence-corrected chi connectivity index (χ0v) is 21.4. The molecule has 5 rings (SSSR count). The first-order valence-electron chi connectivity index (χ1n) is 12.1. The Hall–Kier alpha value is -3.63. The van der Waals surface area contributed by atoms with Crippen molar-refractivity contribution < 1.29 is 17.9 Å². The molecule has 0 fully saturated rings. The number of nitrogens with zero attached hydrogens (tertiary/aromatic N) is 4. The van der Waals surface area contributed by atoms with Crippen LogP contribution in [0.3, 0.4) is 0 Å². The van der Waals surface area contributed by atoms with Gasteiger partial charge < -0.3 is 20.3 Å². The van der Waals surface area contributed by atoms with Gasteiger partial charge in [-0.05, 0) is 66.9 Å². The third-order valence-corrected chi connectivity index (χ3v) is 6.67. The number of benzene rings is 1. The zero-order valence-electron chi connectivity index (χ0n) is 20.6. The number of hydrogen-bond donors (Lipinski definition) is 2. The van der Waals surface area contributed by atoms with Gasteiger partial charge in [0.1, 0.15) is 11.7 Å². The average molecular weight is 543 g/mol. The SMILES string of the molecule is CC1(OCCc2ccncc2)N=C(Nc2ccc(C(F)(F)F)cc2)C2=C(CN(c3ncccc3Cl)CC2)N1. The molecule has 2 aromatic heterocycles. The number of alkyl halides is 3. The number of pyridine rings is 2. The quantitative estimate of drug-likeness (QED) is 0.419. The standard InChI is InChI=1S/C27H26ClF3N6O/c1-26(38-16-11-18-8-13-32-14-9-18)35-23-17-37(25-22(28)3-2-12-33-25)15-10-21(23)24(36-26)34-20-6-4-19(5-7-20)27(29,30)31/h2-9,12-14,35H,10-11,15-17H2,1H3,(H,34,36). The summed E-state index contributed by atoms with van der Waals surface area (Å²) in [6, 6.07) is 12.3. The lowest BCUT2D eigenvalue weighted by Gasteiger charge is -2.40. The van der Waals surface area contributed by atoms with E-state index in [2.05, 4.69) is 25.5 Å². The Balaban J connectivity index is 1.40. The highest BCUT2D eigenvalue weighted by Gasteiger charge is 2.36. The molecule has 3 aromatic rings. The Morgan fingerprint density at radius 2 is 1.87 bits per heavy atom. The minimum Gasteiger partial charge on any atom is -0.349 e. The maximum absolute atomic E-state index is 13.0. The summed E-state index contributed by atoms with van der Waals surface area (Å²) in [5.74, 6) is 0.135. The van der Waals surface area contributed by atoms with Crippen LogP contribution in [0.1, 0.15) is 24.5 Å². The molecular formula is C27H26ClF3N6O. The second-order valence-electron chi connectivity index (χ2n) is 9.16. The molecule has 0 saturated carbocycles. The highest BCUT2D eigenvalue weighted by molar-refractivity contribution is 6.32. The minimum absolute atomic E-state index is 0.392. The van der Waals surface area contributed by atoms with Crippen LogP contribution in [-0.2, 0) is 17.3 Å². The van der Waals surface area contributed by atoms with Crippen LogP contribution in [-0.4, -0.2) is 41.3 Å². The topological polar surface area (TPSA) is 74.7 Å². The highest BCUT2D eigenvalue weighted by atomic mass is 35.5. The van der Waals surface area contributed by atoms with Crippen LogP contribution in [0.25, 0.3) is 0 Å². The summed E-state index contributed by atoms with van der Waals surface area (Å²) in [5.41, 5.74) is 2.69. The summed E-state index contributed by atoms with van der Waals surface area (Å²) in [6.07, 6.45) is 2.05. The fourth-order valence-electron chi connectivity index (χ4n) is 4.49. The number of hydrogen-bond acceptors (Lipinski definition) is 7. The van der Waals surface area contributed by atoms with Gasteiger partial charge in [-0.15, -0.1) is 0 Å². The minimum atomic E-state index is -4.40. The molecule has 1 atom stereocenters. The van der Waals surface area contributed by atoms with E-state index >= 15 is 0 Å². The van der Waals surface area contributed by atoms with Gasteiger partial charge in [0.25, 0.3) is 0 Å². The van der Waals surface area contributed by atoms with Gasteiger partial charge in [-0.3, -0.25) is 4.98 Å². The van der Waals surface area contributed by atoms with Gasteiger partial charge in [0.15, 0.2) is 0 Å². The van der Waals surface area contributed by atoms with Crippen molar-refractivity contribution in [1.82, 2.24) is 15.3 Å². The van der Waals surface area contributed by atoms with Crippen LogP contribution in [0.5, 0.6) is 0 Å². The summed E-state index contributed by atoms with van der Waals surface area (Å²) >= 11 is 6.41. The molecule has 0 bridgehead atoms. The first-order chi connectivity index (χ1) is 18.2. The van der Waals surface area contributed by atoms with Crippen LogP contribution in [0, 0.1) is 0 Å². The second-order valence-corrected chi connectivity index (χ2v) is 9.57. The second kappa shape index (κ2) is 10.6. The van der Waals surface area contributed by atoms with E-state index in [4.69, 9.17) is 21.3 Å². The van der Waals surface area contributed by atoms with Crippen molar-refractivity contribution in [2.24, 2.45) is 4.99 Å². The Bertz CT molecular complexity index is 1350. The fourth-order valence-corrected chi connectivity index (χ4v) is 4.73. The van der Waals surface area contributed by atoms with Gasteiger partial charge in [0, 0.05) is 49.0 Å². The number of amidine groups is 1. The molecule has 0 radical (unpaired) electrons. The van der Waals surface area contributed by atoms with Gasteiger partial charge in [-0.1, -0.05) is 11.6 Å². The number of aliphatic imine (C=N–C) groups is 1. The average Bonchev–Trinajstić information content (AvgIpc) is 2.89. The van der Waals surface area contributed by atoms with Gasteiger partial charge in [-0.25, -0.2) is 9.98 Å². The van der Waals surface area contributed by atoms with Crippen LogP contribution in [0.2, 0.25) is 5.02 Å². The fraction of sp³-hybridized carbons (Fsp3) is 0.296. The molecule has 0 saturated heterocycles. The molecule has 0 spiro atoms. The lowest BCUT2D eigenvalue weighted by molar-refractivity contribution is -0.137. The smallest absolute Gasteiger partial charge is 0.349 e. The predicted octanol–water partition coefficient (Wildman–Crippen LogP) is 5.66. The highest BCUT2D eigenvalue weighted by Crippen LogP contribution is 2.33. The van der Waals surface area contributed by atoms with E-state index in [1.165, 1.54) is 12.1 Å². The third-order valence-electron chi connectivity index (χ3n) is 6.38. The first-order valence-corrected chi connectivity index (χ1v) is 12.5. The van der Waals surface area contributed by atoms with Crippen molar-refractivity contribution >= 4 is 28.9 Å². The maximum atomic E-state index is 13.0. The number of rotatable bonds is 6. The molecule has 11 heteroatoms. The van der Waals surface area contributed by atoms with Crippen LogP contribution in [0.4, 0.5) is 24.7 Å². The Morgan fingerprint density at radius 3 is 2.58 bits per heavy atom. The van der Waals surface area contributed by atoms with E-state index in [1.807, 2.05) is 19.1 Å². The van der Waals surface area contributed by atoms with Crippen molar-refractivity contribution in [3.8, 4) is 0 Å². The van der Waals surface area contributed by atoms with E-state index in [0.717, 1.165) is 29.0 Å². The number of aromatic nitrogens is 2. The van der Waals surface area contributed by atoms with Crippen LogP contribution < -0.4 is 15.5 Å². The molecule has 2 aliphatic heterocycles. The van der Waals surface area contributed by atoms with Crippen molar-refractivity contribution in [2.75, 3.05) is 29.9 Å². The maximum Gasteiger partial charge on any atom is 0.416 e. The summed E-state index contributed by atoms with van der Waals surface area (Å²) in [7, 11) is 0. The number of anilines is 2. The summed E-state index contributed by atoms with van der Waals surface area (Å²) < 4.78 is 45.4. The third kappa shape index (κ3) is 5.92. The summed E-state index contributed by atoms with van der Waals surface area (Å²) in [4.78, 5) is 15.4. The molecule has 7 nitrogen and oxygen atoms in total. The van der Waals surface area contributed by atoms with Gasteiger partial charge in [0.05, 0.1) is 23.7 Å². The molecule has 1 unspecified atom stereocenters. The number of nitrogens with one attached hydrogen (secondary N) is 2. The lowest BCUT2D eigenvalue weighted by atomic mass is 10.0. The molecule has 0 amide bonds. The van der Waals surface area contributed by atoms with Gasteiger partial charge in [-0.2, -0.15) is 13.2 Å². The Kier molecular flexibility index (Phi) is 7.27. The Labute approximate surface area is 223 Å². The summed E-state index contributed by atoms with van der Waals surface area (Å²) in [6.45, 7) is 3.35. The van der Waals surface area contributed by atoms with E-state index in [1.54, 1.807) is 30.7 Å². The van der Waals surface area contributed by atoms with E-state index in [0.29, 0.717) is 54.9 Å². The largest absolute Gasteiger partial charge is 0.416 e. The van der Waals surface area contributed by atoms with E-state index in [-0.39, 0.29) is 0 Å². The normalized spacial score (nSPS) is 19.5. The summed E-state index contributed by atoms with van der Waals surface area (Å²) in [5, 5.41) is 7.22. The molecular weight excluding hydrogens is 517 g/mol. The van der Waals surface area contributed by atoms with E-state index in [9.17, 15) is 13.2 Å².